The van der Waals surface area contributed by atoms with Crippen LogP contribution in [0.25, 0.3) is 5.65 Å². The molecule has 0 saturated carbocycles. The zero-order valence-electron chi connectivity index (χ0n) is 15.2. The Hall–Kier alpha value is -2.80. The van der Waals surface area contributed by atoms with Gasteiger partial charge in [-0.3, -0.25) is 9.20 Å². The van der Waals surface area contributed by atoms with Gasteiger partial charge in [-0.25, -0.2) is 13.8 Å². The fourth-order valence-corrected chi connectivity index (χ4v) is 2.92. The number of ether oxygens (including phenoxy) is 1. The molecule has 142 valence electrons. The second-order valence-corrected chi connectivity index (χ2v) is 6.57. The number of ketones is 1. The monoisotopic (exact) mass is 373 g/mol. The molecule has 27 heavy (non-hydrogen) atoms. The van der Waals surface area contributed by atoms with Gasteiger partial charge in [-0.05, 0) is 43.7 Å². The summed E-state index contributed by atoms with van der Waals surface area (Å²) in [6.07, 6.45) is 2.03. The fraction of sp³-hybridized carbons (Fsp3) is 0.300. The number of nitrogens with two attached hydrogens (primary N) is 1. The number of hydrogen-bond acceptors (Lipinski definition) is 4. The van der Waals surface area contributed by atoms with Crippen LogP contribution < -0.4 is 10.5 Å². The van der Waals surface area contributed by atoms with Crippen molar-refractivity contribution in [2.75, 3.05) is 6.54 Å². The van der Waals surface area contributed by atoms with Crippen molar-refractivity contribution in [2.24, 2.45) is 11.7 Å². The number of Topliss-reactive ketones (excluding diaryl/α,β-unsaturated/α-hetero) is 1. The molecule has 0 bridgehead atoms. The molecule has 2 heterocycles. The number of carbonyl (C=O) groups excluding carboxylic acids is 1. The van der Waals surface area contributed by atoms with Gasteiger partial charge in [0.25, 0.3) is 0 Å². The Balaban J connectivity index is 1.92. The van der Waals surface area contributed by atoms with Crippen molar-refractivity contribution >= 4 is 11.4 Å². The van der Waals surface area contributed by atoms with E-state index in [1.165, 1.54) is 18.2 Å². The maximum Gasteiger partial charge on any atom is 0.181 e. The number of halogens is 2. The van der Waals surface area contributed by atoms with Gasteiger partial charge in [0.05, 0.1) is 11.3 Å². The molecule has 0 aliphatic rings. The molecule has 2 aromatic heterocycles. The van der Waals surface area contributed by atoms with Crippen LogP contribution in [0.5, 0.6) is 5.75 Å². The third-order valence-corrected chi connectivity index (χ3v) is 4.42. The third kappa shape index (κ3) is 3.83. The van der Waals surface area contributed by atoms with Crippen LogP contribution in [0.1, 0.15) is 35.1 Å². The normalized spacial score (nSPS) is 12.3. The molecule has 0 aliphatic heterocycles. The van der Waals surface area contributed by atoms with Crippen molar-refractivity contribution in [3.8, 4) is 5.75 Å². The van der Waals surface area contributed by atoms with E-state index in [9.17, 15) is 13.6 Å². The van der Waals surface area contributed by atoms with Crippen molar-refractivity contribution in [3.63, 3.8) is 0 Å². The zero-order valence-corrected chi connectivity index (χ0v) is 15.2. The van der Waals surface area contributed by atoms with Gasteiger partial charge in [-0.2, -0.15) is 0 Å². The number of hydrogen-bond donors (Lipinski definition) is 1. The van der Waals surface area contributed by atoms with Gasteiger partial charge in [-0.1, -0.05) is 13.0 Å². The summed E-state index contributed by atoms with van der Waals surface area (Å²) in [7, 11) is 0. The van der Waals surface area contributed by atoms with Gasteiger partial charge in [0.2, 0.25) is 0 Å². The molecule has 1 unspecified atom stereocenters. The molecule has 1 atom stereocenters. The lowest BCUT2D eigenvalue weighted by atomic mass is 10.0. The van der Waals surface area contributed by atoms with E-state index in [2.05, 4.69) is 4.98 Å². The predicted molar refractivity (Wildman–Crippen MR) is 97.8 cm³/mol. The molecule has 7 heteroatoms. The van der Waals surface area contributed by atoms with E-state index in [4.69, 9.17) is 10.5 Å². The van der Waals surface area contributed by atoms with Crippen LogP contribution >= 0.6 is 0 Å². The lowest BCUT2D eigenvalue weighted by molar-refractivity contribution is 0.0959. The molecular formula is C20H21F2N3O2. The topological polar surface area (TPSA) is 69.6 Å². The number of aromatic nitrogens is 2. The number of nitrogens with zero attached hydrogens (tertiary/aromatic N) is 2. The van der Waals surface area contributed by atoms with Crippen molar-refractivity contribution in [1.82, 2.24) is 9.38 Å². The molecular weight excluding hydrogens is 352 g/mol. The van der Waals surface area contributed by atoms with Gasteiger partial charge in [0.1, 0.15) is 23.9 Å². The summed E-state index contributed by atoms with van der Waals surface area (Å²) in [6, 6.07) is 7.00. The summed E-state index contributed by atoms with van der Waals surface area (Å²) in [4.78, 5) is 17.1. The molecule has 5 nitrogen and oxygen atoms in total. The number of aryl methyl sites for hydroxylation is 1. The molecule has 3 rings (SSSR count). The molecule has 2 N–H and O–H groups in total. The minimum Gasteiger partial charge on any atom is -0.485 e. The number of rotatable bonds is 7. The van der Waals surface area contributed by atoms with Crippen LogP contribution in [0, 0.1) is 24.5 Å². The molecule has 3 aromatic rings. The first kappa shape index (κ1) is 19.0. The van der Waals surface area contributed by atoms with Gasteiger partial charge in [0.15, 0.2) is 17.2 Å². The van der Waals surface area contributed by atoms with Gasteiger partial charge in [-0.15, -0.1) is 0 Å². The van der Waals surface area contributed by atoms with Gasteiger partial charge >= 0.3 is 0 Å². The second kappa shape index (κ2) is 7.84. The summed E-state index contributed by atoms with van der Waals surface area (Å²) in [5.74, 6) is -1.00. The summed E-state index contributed by atoms with van der Waals surface area (Å²) in [5.41, 5.74) is 6.91. The lowest BCUT2D eigenvalue weighted by Crippen LogP contribution is -2.16. The van der Waals surface area contributed by atoms with E-state index in [1.807, 2.05) is 6.92 Å². The Morgan fingerprint density at radius 2 is 1.96 bits per heavy atom. The smallest absolute Gasteiger partial charge is 0.181 e. The predicted octanol–water partition coefficient (Wildman–Crippen LogP) is 3.67. The zero-order chi connectivity index (χ0) is 19.6. The molecule has 1 aromatic carbocycles. The Kier molecular flexibility index (Phi) is 5.51. The van der Waals surface area contributed by atoms with Crippen LogP contribution in [0.2, 0.25) is 0 Å². The van der Waals surface area contributed by atoms with Crippen molar-refractivity contribution in [1.29, 1.82) is 0 Å². The number of fused-ring (bicyclic) bond motifs is 1. The van der Waals surface area contributed by atoms with E-state index in [0.29, 0.717) is 35.8 Å². The summed E-state index contributed by atoms with van der Waals surface area (Å²) < 4.78 is 34.9. The highest BCUT2D eigenvalue weighted by Crippen LogP contribution is 2.25. The fourth-order valence-electron chi connectivity index (χ4n) is 2.92. The Bertz CT molecular complexity index is 965. The largest absolute Gasteiger partial charge is 0.485 e. The van der Waals surface area contributed by atoms with Crippen LogP contribution in [0.4, 0.5) is 8.78 Å². The summed E-state index contributed by atoms with van der Waals surface area (Å²) >= 11 is 0. The van der Waals surface area contributed by atoms with E-state index in [-0.39, 0.29) is 23.9 Å². The SMILES string of the molecule is Cc1nc2c(OCc3c(F)cccc3F)cccn2c1C(=O)CC(C)CN. The maximum atomic E-state index is 13.8. The maximum absolute atomic E-state index is 13.8. The molecule has 0 spiro atoms. The Labute approximate surface area is 155 Å². The average Bonchev–Trinajstić information content (AvgIpc) is 2.97. The first-order chi connectivity index (χ1) is 12.9. The standard InChI is InChI=1S/C20H21F2N3O2/c1-12(10-23)9-17(26)19-13(2)24-20-18(7-4-8-25(19)20)27-11-14-15(21)5-3-6-16(14)22/h3-8,12H,9-11,23H2,1-2H3. The van der Waals surface area contributed by atoms with Gasteiger partial charge in [0, 0.05) is 12.6 Å². The Morgan fingerprint density at radius 3 is 2.63 bits per heavy atom. The van der Waals surface area contributed by atoms with E-state index >= 15 is 0 Å². The van der Waals surface area contributed by atoms with E-state index in [0.717, 1.165) is 0 Å². The minimum atomic E-state index is -0.673. The lowest BCUT2D eigenvalue weighted by Gasteiger charge is -2.10. The number of imidazole rings is 1. The van der Waals surface area contributed by atoms with Gasteiger partial charge < -0.3 is 10.5 Å². The highest BCUT2D eigenvalue weighted by Gasteiger charge is 2.20. The number of carbonyl (C=O) groups is 1. The third-order valence-electron chi connectivity index (χ3n) is 4.42. The Morgan fingerprint density at radius 1 is 1.26 bits per heavy atom. The summed E-state index contributed by atoms with van der Waals surface area (Å²) in [6.45, 7) is 3.79. The quantitative estimate of drug-likeness (QED) is 0.642. The second-order valence-electron chi connectivity index (χ2n) is 6.57. The van der Waals surface area contributed by atoms with Crippen molar-refractivity contribution in [3.05, 3.63) is 65.1 Å². The molecule has 0 saturated heterocycles. The first-order valence-corrected chi connectivity index (χ1v) is 8.69. The molecule has 0 radical (unpaired) electrons. The minimum absolute atomic E-state index is 0.0600. The average molecular weight is 373 g/mol. The van der Waals surface area contributed by atoms with Crippen LogP contribution in [0.3, 0.4) is 0 Å². The van der Waals surface area contributed by atoms with Crippen LogP contribution in [0.15, 0.2) is 36.5 Å². The summed E-state index contributed by atoms with van der Waals surface area (Å²) in [5, 5.41) is 0. The number of benzene rings is 1. The van der Waals surface area contributed by atoms with Crippen molar-refractivity contribution in [2.45, 2.75) is 26.9 Å². The molecule has 0 aliphatic carbocycles. The van der Waals surface area contributed by atoms with E-state index in [1.54, 1.807) is 29.7 Å². The van der Waals surface area contributed by atoms with Crippen molar-refractivity contribution < 1.29 is 18.3 Å². The van der Waals surface area contributed by atoms with Crippen LogP contribution in [-0.2, 0) is 6.61 Å². The number of pyridine rings is 1. The molecule has 0 amide bonds. The highest BCUT2D eigenvalue weighted by molar-refractivity contribution is 5.96. The molecule has 0 fully saturated rings. The first-order valence-electron chi connectivity index (χ1n) is 8.69. The highest BCUT2D eigenvalue weighted by atomic mass is 19.1. The van der Waals surface area contributed by atoms with Crippen LogP contribution in [-0.4, -0.2) is 21.7 Å². The van der Waals surface area contributed by atoms with E-state index < -0.39 is 11.6 Å².